The summed E-state index contributed by atoms with van der Waals surface area (Å²) in [6.07, 6.45) is 2.38. The normalized spacial score (nSPS) is 9.56. The Balaban J connectivity index is 2.40. The van der Waals surface area contributed by atoms with Gasteiger partial charge in [0.25, 0.3) is 0 Å². The second-order valence-electron chi connectivity index (χ2n) is 3.39. The number of hydrogen-bond acceptors (Lipinski definition) is 3. The molecule has 0 unspecified atom stereocenters. The topological polar surface area (TPSA) is 45.0 Å². The van der Waals surface area contributed by atoms with E-state index in [9.17, 15) is 4.39 Å². The van der Waals surface area contributed by atoms with Crippen molar-refractivity contribution in [3.8, 4) is 11.8 Å². The molecule has 86 valence electrons. The highest BCUT2D eigenvalue weighted by Gasteiger charge is 2.02. The first-order valence-electron chi connectivity index (χ1n) is 5.22. The van der Waals surface area contributed by atoms with E-state index < -0.39 is 0 Å². The fraction of sp³-hybridized carbons (Fsp3) is 0.417. The lowest BCUT2D eigenvalue weighted by Crippen LogP contribution is -2.01. The minimum atomic E-state index is -0.363. The molecule has 0 aliphatic heterocycles. The maximum atomic E-state index is 13.1. The van der Waals surface area contributed by atoms with E-state index in [-0.39, 0.29) is 11.6 Å². The third-order valence-corrected chi connectivity index (χ3v) is 2.20. The molecular weight excluding hydrogens is 207 g/mol. The molecule has 0 spiro atoms. The molecule has 1 rings (SSSR count). The monoisotopic (exact) mass is 222 g/mol. The molecular formula is C12H15FN2O. The van der Waals surface area contributed by atoms with Gasteiger partial charge >= 0.3 is 0 Å². The Hall–Kier alpha value is -1.76. The maximum absolute atomic E-state index is 13.1. The number of unbranched alkanes of at least 4 members (excludes halogenated alkanes) is 2. The number of anilines is 1. The number of methoxy groups -OCH3 is 1. The summed E-state index contributed by atoms with van der Waals surface area (Å²) in [5, 5.41) is 11.5. The van der Waals surface area contributed by atoms with Crippen molar-refractivity contribution in [2.75, 3.05) is 19.0 Å². The van der Waals surface area contributed by atoms with Gasteiger partial charge in [-0.3, -0.25) is 0 Å². The first-order valence-corrected chi connectivity index (χ1v) is 5.22. The van der Waals surface area contributed by atoms with Crippen LogP contribution in [0.25, 0.3) is 0 Å². The Morgan fingerprint density at radius 1 is 1.44 bits per heavy atom. The van der Waals surface area contributed by atoms with Crippen LogP contribution in [0.15, 0.2) is 18.2 Å². The number of hydrogen-bond donors (Lipinski definition) is 1. The van der Waals surface area contributed by atoms with E-state index in [1.807, 2.05) is 0 Å². The van der Waals surface area contributed by atoms with Gasteiger partial charge in [-0.1, -0.05) is 0 Å². The summed E-state index contributed by atoms with van der Waals surface area (Å²) in [6, 6.07) is 6.76. The van der Waals surface area contributed by atoms with E-state index in [1.165, 1.54) is 13.2 Å². The second-order valence-corrected chi connectivity index (χ2v) is 3.39. The summed E-state index contributed by atoms with van der Waals surface area (Å²) in [7, 11) is 1.44. The number of nitriles is 1. The lowest BCUT2D eigenvalue weighted by molar-refractivity contribution is 0.387. The van der Waals surface area contributed by atoms with Gasteiger partial charge in [0.2, 0.25) is 0 Å². The van der Waals surface area contributed by atoms with Crippen LogP contribution in [-0.2, 0) is 0 Å². The average Bonchev–Trinajstić information content (AvgIpc) is 2.31. The second kappa shape index (κ2) is 6.67. The van der Waals surface area contributed by atoms with E-state index in [0.717, 1.165) is 25.1 Å². The zero-order valence-corrected chi connectivity index (χ0v) is 9.29. The molecule has 3 nitrogen and oxygen atoms in total. The molecule has 0 aliphatic rings. The van der Waals surface area contributed by atoms with Crippen molar-refractivity contribution in [1.29, 1.82) is 5.26 Å². The van der Waals surface area contributed by atoms with Crippen molar-refractivity contribution in [1.82, 2.24) is 0 Å². The van der Waals surface area contributed by atoms with Gasteiger partial charge < -0.3 is 10.1 Å². The summed E-state index contributed by atoms with van der Waals surface area (Å²) in [6.45, 7) is 0.774. The molecule has 0 saturated carbocycles. The van der Waals surface area contributed by atoms with Crippen LogP contribution in [0.2, 0.25) is 0 Å². The molecule has 0 aromatic heterocycles. The third-order valence-electron chi connectivity index (χ3n) is 2.20. The van der Waals surface area contributed by atoms with Crippen molar-refractivity contribution < 1.29 is 9.13 Å². The van der Waals surface area contributed by atoms with Crippen LogP contribution in [0, 0.1) is 17.1 Å². The van der Waals surface area contributed by atoms with Gasteiger partial charge in [0, 0.05) is 24.7 Å². The van der Waals surface area contributed by atoms with Crippen LogP contribution in [0.5, 0.6) is 5.75 Å². The van der Waals surface area contributed by atoms with Gasteiger partial charge in [0.05, 0.1) is 13.2 Å². The average molecular weight is 222 g/mol. The number of nitrogens with one attached hydrogen (secondary N) is 1. The van der Waals surface area contributed by atoms with E-state index in [0.29, 0.717) is 6.42 Å². The minimum absolute atomic E-state index is 0.238. The molecule has 1 aromatic rings. The molecule has 0 heterocycles. The van der Waals surface area contributed by atoms with E-state index in [2.05, 4.69) is 11.4 Å². The predicted octanol–water partition coefficient (Wildman–Crippen LogP) is 2.94. The van der Waals surface area contributed by atoms with Crippen LogP contribution in [0.1, 0.15) is 19.3 Å². The van der Waals surface area contributed by atoms with Gasteiger partial charge in [-0.25, -0.2) is 4.39 Å². The standard InChI is InChI=1S/C12H15FN2O/c1-16-12-9-10(5-6-11(12)13)15-8-4-2-3-7-14/h5-6,9,15H,2-4,8H2,1H3. The van der Waals surface area contributed by atoms with Gasteiger partial charge in [0.15, 0.2) is 11.6 Å². The molecule has 0 radical (unpaired) electrons. The van der Waals surface area contributed by atoms with Crippen LogP contribution in [0.4, 0.5) is 10.1 Å². The van der Waals surface area contributed by atoms with Crippen LogP contribution < -0.4 is 10.1 Å². The fourth-order valence-electron chi connectivity index (χ4n) is 1.33. The SMILES string of the molecule is COc1cc(NCCCCC#N)ccc1F. The first-order chi connectivity index (χ1) is 7.77. The lowest BCUT2D eigenvalue weighted by Gasteiger charge is -2.08. The molecule has 0 bridgehead atoms. The highest BCUT2D eigenvalue weighted by Crippen LogP contribution is 2.21. The third kappa shape index (κ3) is 3.77. The van der Waals surface area contributed by atoms with Gasteiger partial charge in [-0.2, -0.15) is 5.26 Å². The van der Waals surface area contributed by atoms with Crippen molar-refractivity contribution in [3.63, 3.8) is 0 Å². The summed E-state index contributed by atoms with van der Waals surface area (Å²) in [5.41, 5.74) is 0.829. The number of rotatable bonds is 6. The molecule has 0 atom stereocenters. The molecule has 0 amide bonds. The van der Waals surface area contributed by atoms with Gasteiger partial charge in [-0.15, -0.1) is 0 Å². The molecule has 16 heavy (non-hydrogen) atoms. The quantitative estimate of drug-likeness (QED) is 0.752. The smallest absolute Gasteiger partial charge is 0.165 e. The Morgan fingerprint density at radius 2 is 2.25 bits per heavy atom. The molecule has 0 saturated heterocycles. The van der Waals surface area contributed by atoms with Crippen molar-refractivity contribution >= 4 is 5.69 Å². The summed E-state index contributed by atoms with van der Waals surface area (Å²) < 4.78 is 17.9. The number of benzene rings is 1. The van der Waals surface area contributed by atoms with Gasteiger partial charge in [0.1, 0.15) is 0 Å². The fourth-order valence-corrected chi connectivity index (χ4v) is 1.33. The number of halogens is 1. The highest BCUT2D eigenvalue weighted by molar-refractivity contribution is 5.48. The number of nitrogens with zero attached hydrogens (tertiary/aromatic N) is 1. The summed E-state index contributed by atoms with van der Waals surface area (Å²) >= 11 is 0. The molecule has 1 aromatic carbocycles. The van der Waals surface area contributed by atoms with Gasteiger partial charge in [-0.05, 0) is 25.0 Å². The van der Waals surface area contributed by atoms with Crippen LogP contribution in [-0.4, -0.2) is 13.7 Å². The number of ether oxygens (including phenoxy) is 1. The molecule has 4 heteroatoms. The molecule has 0 fully saturated rings. The Morgan fingerprint density at radius 3 is 2.94 bits per heavy atom. The zero-order valence-electron chi connectivity index (χ0n) is 9.29. The summed E-state index contributed by atoms with van der Waals surface area (Å²) in [4.78, 5) is 0. The van der Waals surface area contributed by atoms with Crippen molar-refractivity contribution in [2.24, 2.45) is 0 Å². The largest absolute Gasteiger partial charge is 0.494 e. The first kappa shape index (κ1) is 12.3. The van der Waals surface area contributed by atoms with E-state index >= 15 is 0 Å². The Labute approximate surface area is 94.8 Å². The Kier molecular flexibility index (Phi) is 5.13. The lowest BCUT2D eigenvalue weighted by atomic mass is 10.2. The van der Waals surface area contributed by atoms with Crippen LogP contribution >= 0.6 is 0 Å². The molecule has 0 aliphatic carbocycles. The van der Waals surface area contributed by atoms with E-state index in [4.69, 9.17) is 10.00 Å². The molecule has 1 N–H and O–H groups in total. The zero-order chi connectivity index (χ0) is 11.8. The van der Waals surface area contributed by atoms with Crippen LogP contribution in [0.3, 0.4) is 0 Å². The maximum Gasteiger partial charge on any atom is 0.165 e. The minimum Gasteiger partial charge on any atom is -0.494 e. The van der Waals surface area contributed by atoms with E-state index in [1.54, 1.807) is 12.1 Å². The summed E-state index contributed by atoms with van der Waals surface area (Å²) in [5.74, 6) is -0.125. The Bertz CT molecular complexity index is 374. The highest BCUT2D eigenvalue weighted by atomic mass is 19.1. The predicted molar refractivity (Wildman–Crippen MR) is 60.9 cm³/mol. The van der Waals surface area contributed by atoms with Crippen molar-refractivity contribution in [3.05, 3.63) is 24.0 Å². The van der Waals surface area contributed by atoms with Crippen molar-refractivity contribution in [2.45, 2.75) is 19.3 Å².